The smallest absolute Gasteiger partial charge is 0.238 e. The fraction of sp³-hybridized carbons (Fsp3) is 0.167. The van der Waals surface area contributed by atoms with E-state index in [1.165, 1.54) is 31.4 Å². The Morgan fingerprint density at radius 3 is 2.32 bits per heavy atom. The maximum atomic E-state index is 12.2. The first-order valence-electron chi connectivity index (χ1n) is 5.82. The molecule has 0 spiro atoms. The van der Waals surface area contributed by atoms with Gasteiger partial charge < -0.3 is 4.74 Å². The summed E-state index contributed by atoms with van der Waals surface area (Å²) in [4.78, 5) is 0. The number of hydrogen-bond donors (Lipinski definition) is 1. The number of aromatic nitrogens is 2. The molecule has 1 heterocycles. The highest BCUT2D eigenvalue weighted by Crippen LogP contribution is 2.26. The summed E-state index contributed by atoms with van der Waals surface area (Å²) >= 11 is 17.4. The first kappa shape index (κ1) is 17.1. The molecule has 0 aliphatic heterocycles. The van der Waals surface area contributed by atoms with Crippen LogP contribution in [0.2, 0.25) is 15.2 Å². The van der Waals surface area contributed by atoms with E-state index in [-0.39, 0.29) is 22.5 Å². The van der Waals surface area contributed by atoms with Crippen LogP contribution >= 0.6 is 34.8 Å². The molecule has 0 saturated heterocycles. The summed E-state index contributed by atoms with van der Waals surface area (Å²) in [6.07, 6.45) is 0. The normalized spacial score (nSPS) is 11.3. The predicted molar refractivity (Wildman–Crippen MR) is 86.3 cm³/mol. The topological polar surface area (TPSA) is 81.2 Å². The van der Waals surface area contributed by atoms with Gasteiger partial charge in [-0.25, -0.2) is 8.42 Å². The molecule has 22 heavy (non-hydrogen) atoms. The first-order valence-corrected chi connectivity index (χ1v) is 8.60. The lowest BCUT2D eigenvalue weighted by atomic mass is 10.2. The number of ether oxygens (including phenoxy) is 1. The third-order valence-corrected chi connectivity index (χ3v) is 4.32. The Morgan fingerprint density at radius 1 is 1.09 bits per heavy atom. The van der Waals surface area contributed by atoms with Crippen LogP contribution in [-0.2, 0) is 15.8 Å². The third kappa shape index (κ3) is 4.61. The summed E-state index contributed by atoms with van der Waals surface area (Å²) < 4.78 is 31.7. The molecule has 118 valence electrons. The van der Waals surface area contributed by atoms with E-state index < -0.39 is 10.0 Å². The Kier molecular flexibility index (Phi) is 5.33. The largest absolute Gasteiger partial charge is 0.493 e. The van der Waals surface area contributed by atoms with Crippen molar-refractivity contribution >= 4 is 50.6 Å². The van der Waals surface area contributed by atoms with E-state index in [9.17, 15) is 8.42 Å². The van der Waals surface area contributed by atoms with Gasteiger partial charge in [0.2, 0.25) is 15.8 Å². The van der Waals surface area contributed by atoms with Crippen LogP contribution in [0.15, 0.2) is 24.3 Å². The molecule has 6 nitrogen and oxygen atoms in total. The second-order valence-electron chi connectivity index (χ2n) is 4.22. The van der Waals surface area contributed by atoms with Crippen molar-refractivity contribution in [2.24, 2.45) is 0 Å². The van der Waals surface area contributed by atoms with Gasteiger partial charge in [-0.05, 0) is 23.8 Å². The number of nitrogens with zero attached hydrogens (tertiary/aromatic N) is 2. The van der Waals surface area contributed by atoms with Crippen LogP contribution in [0, 0.1) is 0 Å². The lowest BCUT2D eigenvalue weighted by Crippen LogP contribution is -2.17. The molecule has 2 aromatic rings. The highest BCUT2D eigenvalue weighted by molar-refractivity contribution is 7.91. The molecule has 2 rings (SSSR count). The Morgan fingerprint density at radius 2 is 1.73 bits per heavy atom. The van der Waals surface area contributed by atoms with Crippen molar-refractivity contribution < 1.29 is 13.2 Å². The summed E-state index contributed by atoms with van der Waals surface area (Å²) in [5, 5.41) is 8.02. The zero-order chi connectivity index (χ0) is 16.3. The minimum Gasteiger partial charge on any atom is -0.493 e. The lowest BCUT2D eigenvalue weighted by Gasteiger charge is -2.10. The molecule has 0 aliphatic carbocycles. The Balaban J connectivity index is 2.24. The molecule has 0 aliphatic rings. The van der Waals surface area contributed by atoms with Gasteiger partial charge in [-0.3, -0.25) is 4.72 Å². The van der Waals surface area contributed by atoms with E-state index in [1.807, 2.05) is 0 Å². The molecular formula is C12H10Cl3N3O3S. The summed E-state index contributed by atoms with van der Waals surface area (Å²) in [5.74, 6) is -0.228. The van der Waals surface area contributed by atoms with Crippen molar-refractivity contribution in [1.82, 2.24) is 10.2 Å². The molecule has 0 radical (unpaired) electrons. The van der Waals surface area contributed by atoms with Gasteiger partial charge in [0.15, 0.2) is 10.9 Å². The van der Waals surface area contributed by atoms with Crippen molar-refractivity contribution in [1.29, 1.82) is 0 Å². The quantitative estimate of drug-likeness (QED) is 0.857. The first-order chi connectivity index (χ1) is 10.3. The molecule has 10 heteroatoms. The Hall–Kier alpha value is -1.28. The summed E-state index contributed by atoms with van der Waals surface area (Å²) in [6.45, 7) is 0. The summed E-state index contributed by atoms with van der Waals surface area (Å²) in [6, 6.07) is 5.89. The zero-order valence-corrected chi connectivity index (χ0v) is 14.3. The van der Waals surface area contributed by atoms with Crippen molar-refractivity contribution in [2.45, 2.75) is 5.75 Å². The highest BCUT2D eigenvalue weighted by atomic mass is 35.5. The molecular weight excluding hydrogens is 373 g/mol. The SMILES string of the molecule is COc1cc(Cl)nnc1NS(=O)(=O)Cc1cc(Cl)cc(Cl)c1. The number of methoxy groups -OCH3 is 1. The van der Waals surface area contributed by atoms with Gasteiger partial charge in [0.1, 0.15) is 0 Å². The van der Waals surface area contributed by atoms with Crippen LogP contribution in [0.25, 0.3) is 0 Å². The second-order valence-corrected chi connectivity index (χ2v) is 7.21. The molecule has 0 fully saturated rings. The van der Waals surface area contributed by atoms with Gasteiger partial charge in [-0.2, -0.15) is 0 Å². The average molecular weight is 383 g/mol. The Labute approximate surface area is 142 Å². The highest BCUT2D eigenvalue weighted by Gasteiger charge is 2.17. The molecule has 1 aromatic carbocycles. The fourth-order valence-electron chi connectivity index (χ4n) is 1.68. The average Bonchev–Trinajstić information content (AvgIpc) is 2.38. The minimum absolute atomic E-state index is 0.0555. The monoisotopic (exact) mass is 381 g/mol. The van der Waals surface area contributed by atoms with Gasteiger partial charge >= 0.3 is 0 Å². The van der Waals surface area contributed by atoms with Crippen LogP contribution in [-0.4, -0.2) is 25.7 Å². The van der Waals surface area contributed by atoms with Gasteiger partial charge in [0, 0.05) is 16.1 Å². The van der Waals surface area contributed by atoms with Crippen molar-refractivity contribution in [3.8, 4) is 5.75 Å². The fourth-order valence-corrected chi connectivity index (χ4v) is 3.50. The van der Waals surface area contributed by atoms with Crippen LogP contribution in [0.4, 0.5) is 5.82 Å². The molecule has 0 unspecified atom stereocenters. The number of rotatable bonds is 5. The standard InChI is InChI=1S/C12H10Cl3N3O3S/c1-21-10-5-11(15)16-17-12(10)18-22(19,20)6-7-2-8(13)4-9(14)3-7/h2-5H,6H2,1H3,(H,17,18). The molecule has 1 aromatic heterocycles. The number of nitrogens with one attached hydrogen (secondary N) is 1. The lowest BCUT2D eigenvalue weighted by molar-refractivity contribution is 0.414. The number of benzene rings is 1. The molecule has 0 amide bonds. The summed E-state index contributed by atoms with van der Waals surface area (Å²) in [5.41, 5.74) is 0.436. The van der Waals surface area contributed by atoms with E-state index in [0.717, 1.165) is 0 Å². The van der Waals surface area contributed by atoms with E-state index in [1.54, 1.807) is 0 Å². The van der Waals surface area contributed by atoms with Crippen molar-refractivity contribution in [3.05, 3.63) is 45.0 Å². The van der Waals surface area contributed by atoms with Crippen molar-refractivity contribution in [3.63, 3.8) is 0 Å². The molecule has 0 atom stereocenters. The summed E-state index contributed by atoms with van der Waals surface area (Å²) in [7, 11) is -2.40. The van der Waals surface area contributed by atoms with Gasteiger partial charge in [0.05, 0.1) is 12.9 Å². The molecule has 1 N–H and O–H groups in total. The zero-order valence-electron chi connectivity index (χ0n) is 11.2. The van der Waals surface area contributed by atoms with Gasteiger partial charge in [-0.1, -0.05) is 34.8 Å². The van der Waals surface area contributed by atoms with E-state index in [4.69, 9.17) is 39.5 Å². The van der Waals surface area contributed by atoms with E-state index >= 15 is 0 Å². The van der Waals surface area contributed by atoms with E-state index in [2.05, 4.69) is 14.9 Å². The van der Waals surface area contributed by atoms with Crippen molar-refractivity contribution in [2.75, 3.05) is 11.8 Å². The predicted octanol–water partition coefficient (Wildman–Crippen LogP) is 3.39. The maximum absolute atomic E-state index is 12.2. The molecule has 0 saturated carbocycles. The third-order valence-electron chi connectivity index (χ3n) is 2.48. The number of hydrogen-bond acceptors (Lipinski definition) is 5. The Bertz CT molecular complexity index is 779. The maximum Gasteiger partial charge on any atom is 0.238 e. The van der Waals surface area contributed by atoms with Crippen LogP contribution in [0.5, 0.6) is 5.75 Å². The minimum atomic E-state index is -3.76. The van der Waals surface area contributed by atoms with Gasteiger partial charge in [0.25, 0.3) is 0 Å². The van der Waals surface area contributed by atoms with Crippen LogP contribution < -0.4 is 9.46 Å². The number of anilines is 1. The van der Waals surface area contributed by atoms with Crippen LogP contribution in [0.3, 0.4) is 0 Å². The van der Waals surface area contributed by atoms with E-state index in [0.29, 0.717) is 15.6 Å². The van der Waals surface area contributed by atoms with Gasteiger partial charge in [-0.15, -0.1) is 10.2 Å². The number of sulfonamides is 1. The molecule has 0 bridgehead atoms. The second kappa shape index (κ2) is 6.87. The number of halogens is 3. The van der Waals surface area contributed by atoms with Crippen LogP contribution in [0.1, 0.15) is 5.56 Å².